The van der Waals surface area contributed by atoms with Crippen LogP contribution in [0.25, 0.3) is 10.9 Å². The van der Waals surface area contributed by atoms with Crippen LogP contribution in [-0.2, 0) is 13.1 Å². The zero-order valence-corrected chi connectivity index (χ0v) is 8.82. The zero-order valence-electron chi connectivity index (χ0n) is 8.82. The fourth-order valence-corrected chi connectivity index (χ4v) is 2.21. The van der Waals surface area contributed by atoms with E-state index in [1.807, 2.05) is 0 Å². The average molecular weight is 200 g/mol. The Kier molecular flexibility index (Phi) is 2.03. The summed E-state index contributed by atoms with van der Waals surface area (Å²) in [5.41, 5.74) is 8.39. The number of hydrogen-bond donors (Lipinski definition) is 1. The van der Waals surface area contributed by atoms with E-state index in [0.717, 1.165) is 12.5 Å². The minimum absolute atomic E-state index is 0.640. The first kappa shape index (κ1) is 8.98. The van der Waals surface area contributed by atoms with Crippen LogP contribution in [0.1, 0.15) is 18.5 Å². The van der Waals surface area contributed by atoms with Gasteiger partial charge in [0.05, 0.1) is 0 Å². The lowest BCUT2D eigenvalue weighted by atomic mass is 10.2. The molecule has 1 aromatic heterocycles. The summed E-state index contributed by atoms with van der Waals surface area (Å²) < 4.78 is 2.40. The van der Waals surface area contributed by atoms with Crippen molar-refractivity contribution in [2.45, 2.75) is 25.9 Å². The molecule has 0 spiro atoms. The van der Waals surface area contributed by atoms with E-state index in [0.29, 0.717) is 6.54 Å². The molecule has 2 aromatic rings. The lowest BCUT2D eigenvalue weighted by molar-refractivity contribution is 0.621. The molecule has 0 unspecified atom stereocenters. The summed E-state index contributed by atoms with van der Waals surface area (Å²) in [6.07, 6.45) is 2.77. The number of hydrogen-bond acceptors (Lipinski definition) is 1. The van der Waals surface area contributed by atoms with Gasteiger partial charge in [-0.2, -0.15) is 0 Å². The average Bonchev–Trinajstić information content (AvgIpc) is 3.01. The largest absolute Gasteiger partial charge is 0.343 e. The summed E-state index contributed by atoms with van der Waals surface area (Å²) in [5, 5.41) is 1.32. The molecule has 1 saturated carbocycles. The number of rotatable bonds is 3. The first-order valence-corrected chi connectivity index (χ1v) is 5.65. The maximum Gasteiger partial charge on any atom is 0.0483 e. The molecule has 1 heterocycles. The van der Waals surface area contributed by atoms with Crippen LogP contribution in [-0.4, -0.2) is 4.57 Å². The number of nitrogens with zero attached hydrogens (tertiary/aromatic N) is 1. The smallest absolute Gasteiger partial charge is 0.0483 e. The van der Waals surface area contributed by atoms with Crippen LogP contribution in [0.2, 0.25) is 0 Å². The van der Waals surface area contributed by atoms with Crippen molar-refractivity contribution in [3.8, 4) is 0 Å². The Morgan fingerprint density at radius 3 is 2.80 bits per heavy atom. The molecule has 3 rings (SSSR count). The van der Waals surface area contributed by atoms with Crippen molar-refractivity contribution in [3.63, 3.8) is 0 Å². The summed E-state index contributed by atoms with van der Waals surface area (Å²) in [5.74, 6) is 0.895. The molecule has 1 aliphatic rings. The Hall–Kier alpha value is -1.28. The maximum absolute atomic E-state index is 5.79. The van der Waals surface area contributed by atoms with Crippen molar-refractivity contribution in [1.29, 1.82) is 0 Å². The lowest BCUT2D eigenvalue weighted by Gasteiger charge is -2.08. The van der Waals surface area contributed by atoms with E-state index in [1.165, 1.54) is 29.4 Å². The highest BCUT2D eigenvalue weighted by Gasteiger charge is 2.23. The highest BCUT2D eigenvalue weighted by Crippen LogP contribution is 2.33. The molecule has 0 saturated heterocycles. The van der Waals surface area contributed by atoms with E-state index in [-0.39, 0.29) is 0 Å². The van der Waals surface area contributed by atoms with Gasteiger partial charge < -0.3 is 10.3 Å². The molecule has 1 aromatic carbocycles. The van der Waals surface area contributed by atoms with Crippen molar-refractivity contribution >= 4 is 10.9 Å². The Bertz CT molecular complexity index is 480. The summed E-state index contributed by atoms with van der Waals surface area (Å²) in [6, 6.07) is 10.8. The topological polar surface area (TPSA) is 30.9 Å². The van der Waals surface area contributed by atoms with Gasteiger partial charge in [-0.25, -0.2) is 0 Å². The van der Waals surface area contributed by atoms with Crippen molar-refractivity contribution < 1.29 is 0 Å². The van der Waals surface area contributed by atoms with E-state index in [4.69, 9.17) is 5.73 Å². The van der Waals surface area contributed by atoms with Gasteiger partial charge in [0.25, 0.3) is 0 Å². The van der Waals surface area contributed by atoms with Gasteiger partial charge in [0.15, 0.2) is 0 Å². The van der Waals surface area contributed by atoms with E-state index in [9.17, 15) is 0 Å². The summed E-state index contributed by atoms with van der Waals surface area (Å²) in [7, 11) is 0. The Balaban J connectivity index is 2.12. The van der Waals surface area contributed by atoms with E-state index < -0.39 is 0 Å². The van der Waals surface area contributed by atoms with Gasteiger partial charge in [0.2, 0.25) is 0 Å². The molecule has 2 N–H and O–H groups in total. The van der Waals surface area contributed by atoms with Crippen molar-refractivity contribution in [3.05, 3.63) is 36.0 Å². The molecular weight excluding hydrogens is 184 g/mol. The van der Waals surface area contributed by atoms with Crippen LogP contribution in [0.4, 0.5) is 0 Å². The molecule has 2 heteroatoms. The fraction of sp³-hybridized carbons (Fsp3) is 0.385. The number of nitrogens with two attached hydrogens (primary N) is 1. The van der Waals surface area contributed by atoms with Crippen LogP contribution in [0, 0.1) is 5.92 Å². The quantitative estimate of drug-likeness (QED) is 0.811. The molecular formula is C13H16N2. The standard InChI is InChI=1S/C13H16N2/c14-8-12-7-11-3-1-2-4-13(11)15(12)9-10-5-6-10/h1-4,7,10H,5-6,8-9,14H2. The molecule has 0 bridgehead atoms. The molecule has 0 atom stereocenters. The third kappa shape index (κ3) is 1.55. The maximum atomic E-state index is 5.79. The minimum Gasteiger partial charge on any atom is -0.343 e. The first-order chi connectivity index (χ1) is 7.38. The van der Waals surface area contributed by atoms with Gasteiger partial charge in [0.1, 0.15) is 0 Å². The minimum atomic E-state index is 0.640. The monoisotopic (exact) mass is 200 g/mol. The van der Waals surface area contributed by atoms with Gasteiger partial charge in [-0.05, 0) is 36.3 Å². The highest BCUT2D eigenvalue weighted by molar-refractivity contribution is 5.81. The lowest BCUT2D eigenvalue weighted by Crippen LogP contribution is -2.08. The fourth-order valence-electron chi connectivity index (χ4n) is 2.21. The van der Waals surface area contributed by atoms with Gasteiger partial charge in [-0.15, -0.1) is 0 Å². The van der Waals surface area contributed by atoms with Crippen LogP contribution >= 0.6 is 0 Å². The molecule has 0 radical (unpaired) electrons. The second-order valence-corrected chi connectivity index (χ2v) is 4.45. The number of aromatic nitrogens is 1. The SMILES string of the molecule is NCc1cc2ccccc2n1CC1CC1. The number of fused-ring (bicyclic) bond motifs is 1. The van der Waals surface area contributed by atoms with Crippen molar-refractivity contribution in [2.24, 2.45) is 11.7 Å². The predicted molar refractivity (Wildman–Crippen MR) is 62.6 cm³/mol. The van der Waals surface area contributed by atoms with E-state index >= 15 is 0 Å². The van der Waals surface area contributed by atoms with Crippen LogP contribution in [0.5, 0.6) is 0 Å². The van der Waals surface area contributed by atoms with Crippen LogP contribution in [0.15, 0.2) is 30.3 Å². The zero-order chi connectivity index (χ0) is 10.3. The summed E-state index contributed by atoms with van der Waals surface area (Å²) >= 11 is 0. The molecule has 78 valence electrons. The third-order valence-electron chi connectivity index (χ3n) is 3.24. The Labute approximate surface area is 89.7 Å². The molecule has 15 heavy (non-hydrogen) atoms. The first-order valence-electron chi connectivity index (χ1n) is 5.65. The van der Waals surface area contributed by atoms with E-state index in [2.05, 4.69) is 34.9 Å². The third-order valence-corrected chi connectivity index (χ3v) is 3.24. The number of para-hydroxylation sites is 1. The predicted octanol–water partition coefficient (Wildman–Crippen LogP) is 2.51. The van der Waals surface area contributed by atoms with Gasteiger partial charge in [-0.3, -0.25) is 0 Å². The number of benzene rings is 1. The Morgan fingerprint density at radius 1 is 1.27 bits per heavy atom. The summed E-state index contributed by atoms with van der Waals surface area (Å²) in [4.78, 5) is 0. The van der Waals surface area contributed by atoms with Crippen molar-refractivity contribution in [1.82, 2.24) is 4.57 Å². The van der Waals surface area contributed by atoms with Crippen molar-refractivity contribution in [2.75, 3.05) is 0 Å². The second-order valence-electron chi connectivity index (χ2n) is 4.45. The normalized spacial score (nSPS) is 16.1. The van der Waals surface area contributed by atoms with Crippen LogP contribution in [0.3, 0.4) is 0 Å². The van der Waals surface area contributed by atoms with Gasteiger partial charge >= 0.3 is 0 Å². The molecule has 1 fully saturated rings. The summed E-state index contributed by atoms with van der Waals surface area (Å²) in [6.45, 7) is 1.79. The molecule has 0 aliphatic heterocycles. The van der Waals surface area contributed by atoms with Gasteiger partial charge in [-0.1, -0.05) is 18.2 Å². The van der Waals surface area contributed by atoms with Gasteiger partial charge in [0, 0.05) is 24.3 Å². The van der Waals surface area contributed by atoms with E-state index in [1.54, 1.807) is 0 Å². The Morgan fingerprint density at radius 2 is 2.07 bits per heavy atom. The molecule has 1 aliphatic carbocycles. The van der Waals surface area contributed by atoms with Crippen LogP contribution < -0.4 is 5.73 Å². The second kappa shape index (κ2) is 3.38. The molecule has 2 nitrogen and oxygen atoms in total. The molecule has 0 amide bonds. The highest BCUT2D eigenvalue weighted by atomic mass is 15.0.